The van der Waals surface area contributed by atoms with Crippen LogP contribution in [0.5, 0.6) is 0 Å². The number of carbonyl (C=O) groups excluding carboxylic acids is 2. The maximum absolute atomic E-state index is 13.2. The van der Waals surface area contributed by atoms with Crippen molar-refractivity contribution in [3.63, 3.8) is 0 Å². The first kappa shape index (κ1) is 24.2. The zero-order valence-corrected chi connectivity index (χ0v) is 20.3. The summed E-state index contributed by atoms with van der Waals surface area (Å²) in [6, 6.07) is 11.6. The molecule has 0 unspecified atom stereocenters. The number of aryl methyl sites for hydroxylation is 1. The van der Waals surface area contributed by atoms with Crippen LogP contribution in [0, 0.1) is 5.92 Å². The maximum Gasteiger partial charge on any atom is 0.352 e. The Morgan fingerprint density at radius 1 is 1.06 bits per heavy atom. The Morgan fingerprint density at radius 2 is 1.77 bits per heavy atom. The summed E-state index contributed by atoms with van der Waals surface area (Å²) in [4.78, 5) is 51.1. The van der Waals surface area contributed by atoms with Crippen LogP contribution in [-0.4, -0.2) is 37.1 Å². The van der Waals surface area contributed by atoms with Crippen molar-refractivity contribution in [2.75, 3.05) is 6.54 Å². The fourth-order valence-corrected chi connectivity index (χ4v) is 3.76. The van der Waals surface area contributed by atoms with Gasteiger partial charge in [0.2, 0.25) is 11.7 Å². The number of carbonyl (C=O) groups is 2. The van der Waals surface area contributed by atoms with E-state index in [1.807, 2.05) is 13.8 Å². The number of hydrogen-bond donors (Lipinski definition) is 2. The van der Waals surface area contributed by atoms with Gasteiger partial charge in [-0.15, -0.1) is 5.10 Å². The maximum atomic E-state index is 13.2. The summed E-state index contributed by atoms with van der Waals surface area (Å²) in [5.41, 5.74) is 0.445. The number of nitrogens with zero attached hydrogens (tertiary/aromatic N) is 4. The van der Waals surface area contributed by atoms with E-state index in [0.29, 0.717) is 17.1 Å². The molecule has 0 saturated carbocycles. The van der Waals surface area contributed by atoms with Gasteiger partial charge in [-0.1, -0.05) is 37.6 Å². The Morgan fingerprint density at radius 3 is 2.46 bits per heavy atom. The minimum absolute atomic E-state index is 0.0674. The van der Waals surface area contributed by atoms with Gasteiger partial charge in [-0.3, -0.25) is 19.0 Å². The fraction of sp³-hybridized carbons (Fsp3) is 0.292. The van der Waals surface area contributed by atoms with Gasteiger partial charge in [-0.05, 0) is 41.8 Å². The number of halogens is 1. The van der Waals surface area contributed by atoms with Crippen LogP contribution in [-0.2, 0) is 24.9 Å². The number of fused-ring (bicyclic) bond motifs is 3. The summed E-state index contributed by atoms with van der Waals surface area (Å²) in [5, 5.41) is 10.6. The summed E-state index contributed by atoms with van der Waals surface area (Å²) >= 11 is 5.88. The molecule has 4 aromatic rings. The molecule has 4 rings (SSSR count). The molecule has 2 amide bonds. The molecular formula is C24H25ClN6O4. The number of nitrogens with one attached hydrogen (secondary N) is 2. The molecule has 11 heteroatoms. The molecule has 0 aliphatic rings. The second-order valence-corrected chi connectivity index (χ2v) is 9.12. The van der Waals surface area contributed by atoms with Crippen LogP contribution in [0.2, 0.25) is 5.02 Å². The highest BCUT2D eigenvalue weighted by atomic mass is 35.5. The summed E-state index contributed by atoms with van der Waals surface area (Å²) in [6.45, 7) is 4.37. The van der Waals surface area contributed by atoms with Gasteiger partial charge in [0.25, 0.3) is 11.5 Å². The topological polar surface area (TPSA) is 120 Å². The van der Waals surface area contributed by atoms with Gasteiger partial charge in [-0.25, -0.2) is 13.9 Å². The Hall–Kier alpha value is -3.92. The molecule has 2 aromatic heterocycles. The molecule has 0 radical (unpaired) electrons. The Bertz CT molecular complexity index is 1550. The van der Waals surface area contributed by atoms with E-state index in [2.05, 4.69) is 15.7 Å². The number of rotatable bonds is 7. The highest BCUT2D eigenvalue weighted by molar-refractivity contribution is 6.30. The van der Waals surface area contributed by atoms with E-state index in [9.17, 15) is 19.2 Å². The quantitative estimate of drug-likeness (QED) is 0.403. The van der Waals surface area contributed by atoms with Crippen LogP contribution in [0.15, 0.2) is 52.1 Å². The standard InChI is InChI=1S/C24H25ClN6O4/c1-14(2)11-27-21(33)16-6-9-18-19(10-16)31-23(29(3)22(18)34)28-30(24(31)35)13-20(32)26-12-15-4-7-17(25)8-5-15/h4-10,14H,11-13H2,1-3H3,(H,26,32)(H,27,33). The molecule has 0 fully saturated rings. The van der Waals surface area contributed by atoms with Crippen LogP contribution in [0.3, 0.4) is 0 Å². The van der Waals surface area contributed by atoms with Gasteiger partial charge in [0.05, 0.1) is 10.9 Å². The van der Waals surface area contributed by atoms with Crippen molar-refractivity contribution < 1.29 is 9.59 Å². The molecular weight excluding hydrogens is 472 g/mol. The largest absolute Gasteiger partial charge is 0.352 e. The highest BCUT2D eigenvalue weighted by Gasteiger charge is 2.18. The number of hydrogen-bond acceptors (Lipinski definition) is 5. The van der Waals surface area contributed by atoms with E-state index in [1.54, 1.807) is 30.3 Å². The van der Waals surface area contributed by atoms with Crippen molar-refractivity contribution in [3.05, 3.63) is 79.5 Å². The van der Waals surface area contributed by atoms with Crippen LogP contribution < -0.4 is 21.9 Å². The average molecular weight is 497 g/mol. The zero-order chi connectivity index (χ0) is 25.3. The molecule has 35 heavy (non-hydrogen) atoms. The van der Waals surface area contributed by atoms with Crippen LogP contribution in [0.4, 0.5) is 0 Å². The lowest BCUT2D eigenvalue weighted by atomic mass is 10.1. The van der Waals surface area contributed by atoms with E-state index in [4.69, 9.17) is 11.6 Å². The van der Waals surface area contributed by atoms with Crippen LogP contribution in [0.25, 0.3) is 16.7 Å². The molecule has 2 aromatic carbocycles. The smallest absolute Gasteiger partial charge is 0.352 e. The van der Waals surface area contributed by atoms with E-state index in [-0.39, 0.29) is 47.2 Å². The lowest BCUT2D eigenvalue weighted by Crippen LogP contribution is -2.32. The van der Waals surface area contributed by atoms with E-state index in [1.165, 1.54) is 28.1 Å². The van der Waals surface area contributed by atoms with Gasteiger partial charge >= 0.3 is 5.69 Å². The minimum atomic E-state index is -0.595. The van der Waals surface area contributed by atoms with Crippen LogP contribution in [0.1, 0.15) is 29.8 Å². The number of aromatic nitrogens is 4. The van der Waals surface area contributed by atoms with E-state index < -0.39 is 11.6 Å². The first-order valence-electron chi connectivity index (χ1n) is 11.1. The first-order valence-corrected chi connectivity index (χ1v) is 11.4. The first-order chi connectivity index (χ1) is 16.7. The van der Waals surface area contributed by atoms with E-state index >= 15 is 0 Å². The fourth-order valence-electron chi connectivity index (χ4n) is 3.63. The van der Waals surface area contributed by atoms with Crippen molar-refractivity contribution >= 4 is 40.1 Å². The third kappa shape index (κ3) is 4.97. The monoisotopic (exact) mass is 496 g/mol. The molecule has 0 saturated heterocycles. The molecule has 10 nitrogen and oxygen atoms in total. The van der Waals surface area contributed by atoms with Crippen molar-refractivity contribution in [3.8, 4) is 0 Å². The Kier molecular flexibility index (Phi) is 6.74. The van der Waals surface area contributed by atoms with E-state index in [0.717, 1.165) is 10.2 Å². The second kappa shape index (κ2) is 9.75. The normalized spacial score (nSPS) is 11.3. The van der Waals surface area contributed by atoms with Crippen molar-refractivity contribution in [1.82, 2.24) is 29.4 Å². The SMILES string of the molecule is CC(C)CNC(=O)c1ccc2c(=O)n(C)c3nn(CC(=O)NCc4ccc(Cl)cc4)c(=O)n3c2c1. The molecule has 182 valence electrons. The lowest BCUT2D eigenvalue weighted by Gasteiger charge is -2.09. The number of amides is 2. The molecule has 2 N–H and O–H groups in total. The number of benzene rings is 2. The highest BCUT2D eigenvalue weighted by Crippen LogP contribution is 2.14. The van der Waals surface area contributed by atoms with Gasteiger partial charge < -0.3 is 10.6 Å². The molecule has 0 aliphatic heterocycles. The Balaban J connectivity index is 1.67. The van der Waals surface area contributed by atoms with Gasteiger partial charge in [0, 0.05) is 30.7 Å². The minimum Gasteiger partial charge on any atom is -0.352 e. The summed E-state index contributed by atoms with van der Waals surface area (Å²) < 4.78 is 3.48. The molecule has 0 aliphatic carbocycles. The zero-order valence-electron chi connectivity index (χ0n) is 19.5. The predicted octanol–water partition coefficient (Wildman–Crippen LogP) is 1.70. The van der Waals surface area contributed by atoms with Crippen LogP contribution >= 0.6 is 11.6 Å². The predicted molar refractivity (Wildman–Crippen MR) is 133 cm³/mol. The van der Waals surface area contributed by atoms with Gasteiger partial charge in [0.15, 0.2) is 0 Å². The molecule has 0 atom stereocenters. The van der Waals surface area contributed by atoms with Crippen molar-refractivity contribution in [1.29, 1.82) is 0 Å². The van der Waals surface area contributed by atoms with Crippen molar-refractivity contribution in [2.24, 2.45) is 13.0 Å². The average Bonchev–Trinajstić information content (AvgIpc) is 3.16. The third-order valence-corrected chi connectivity index (χ3v) is 5.78. The summed E-state index contributed by atoms with van der Waals surface area (Å²) in [7, 11) is 1.50. The van der Waals surface area contributed by atoms with Crippen molar-refractivity contribution in [2.45, 2.75) is 26.9 Å². The molecule has 0 spiro atoms. The molecule has 2 heterocycles. The molecule has 0 bridgehead atoms. The van der Waals surface area contributed by atoms with Gasteiger partial charge in [0.1, 0.15) is 6.54 Å². The lowest BCUT2D eigenvalue weighted by molar-refractivity contribution is -0.122. The third-order valence-electron chi connectivity index (χ3n) is 5.53. The summed E-state index contributed by atoms with van der Waals surface area (Å²) in [6.07, 6.45) is 0. The van der Waals surface area contributed by atoms with Gasteiger partial charge in [-0.2, -0.15) is 0 Å². The second-order valence-electron chi connectivity index (χ2n) is 8.68. The Labute approximate surface area is 205 Å². The summed E-state index contributed by atoms with van der Waals surface area (Å²) in [5.74, 6) is -0.396.